The Hall–Kier alpha value is -1.25. The van der Waals surface area contributed by atoms with E-state index in [4.69, 9.17) is 16.0 Å². The van der Waals surface area contributed by atoms with Crippen molar-refractivity contribution in [3.05, 3.63) is 59.0 Å². The van der Waals surface area contributed by atoms with Crippen LogP contribution in [0, 0.1) is 5.92 Å². The van der Waals surface area contributed by atoms with Crippen LogP contribution < -0.4 is 5.32 Å². The van der Waals surface area contributed by atoms with Crippen molar-refractivity contribution in [2.75, 3.05) is 6.54 Å². The van der Waals surface area contributed by atoms with E-state index in [-0.39, 0.29) is 5.54 Å². The van der Waals surface area contributed by atoms with Crippen molar-refractivity contribution >= 4 is 11.6 Å². The summed E-state index contributed by atoms with van der Waals surface area (Å²) in [6, 6.07) is 12.1. The van der Waals surface area contributed by atoms with Gasteiger partial charge >= 0.3 is 0 Å². The Morgan fingerprint density at radius 3 is 2.57 bits per heavy atom. The Bertz CT molecular complexity index is 543. The molecule has 21 heavy (non-hydrogen) atoms. The van der Waals surface area contributed by atoms with Gasteiger partial charge in [0.05, 0.1) is 6.26 Å². The first-order valence-electron chi connectivity index (χ1n) is 7.44. The molecule has 0 saturated heterocycles. The summed E-state index contributed by atoms with van der Waals surface area (Å²) in [6.45, 7) is 7.53. The Kier molecular flexibility index (Phi) is 5.49. The van der Waals surface area contributed by atoms with Crippen molar-refractivity contribution in [1.29, 1.82) is 0 Å². The number of nitrogens with one attached hydrogen (secondary N) is 1. The smallest absolute Gasteiger partial charge is 0.104 e. The molecule has 0 spiro atoms. The Balaban J connectivity index is 2.03. The van der Waals surface area contributed by atoms with Crippen molar-refractivity contribution in [3.63, 3.8) is 0 Å². The summed E-state index contributed by atoms with van der Waals surface area (Å²) in [5.74, 6) is 1.52. The first-order valence-corrected chi connectivity index (χ1v) is 7.82. The highest BCUT2D eigenvalue weighted by Gasteiger charge is 2.16. The van der Waals surface area contributed by atoms with Gasteiger partial charge in [-0.05, 0) is 69.5 Å². The monoisotopic (exact) mass is 305 g/mol. The predicted octanol–water partition coefficient (Wildman–Crippen LogP) is 4.72. The lowest BCUT2D eigenvalue weighted by Crippen LogP contribution is -2.40. The zero-order valence-electron chi connectivity index (χ0n) is 13.0. The third-order valence-electron chi connectivity index (χ3n) is 3.40. The number of rotatable bonds is 6. The van der Waals surface area contributed by atoms with E-state index in [1.54, 1.807) is 6.26 Å². The minimum absolute atomic E-state index is 0.121. The maximum atomic E-state index is 6.09. The van der Waals surface area contributed by atoms with E-state index < -0.39 is 0 Å². The van der Waals surface area contributed by atoms with Crippen LogP contribution in [0.2, 0.25) is 5.02 Å². The summed E-state index contributed by atoms with van der Waals surface area (Å²) in [5, 5.41) is 4.39. The van der Waals surface area contributed by atoms with Crippen molar-refractivity contribution in [2.45, 2.75) is 39.2 Å². The fraction of sp³-hybridized carbons (Fsp3) is 0.444. The highest BCUT2D eigenvalue weighted by Crippen LogP contribution is 2.18. The number of furan rings is 1. The third-order valence-corrected chi connectivity index (χ3v) is 3.64. The number of benzene rings is 1. The summed E-state index contributed by atoms with van der Waals surface area (Å²) in [4.78, 5) is 0. The molecule has 0 saturated carbocycles. The molecule has 1 heterocycles. The van der Waals surface area contributed by atoms with Crippen LogP contribution in [0.5, 0.6) is 0 Å². The number of hydrogen-bond donors (Lipinski definition) is 1. The van der Waals surface area contributed by atoms with Gasteiger partial charge in [-0.2, -0.15) is 0 Å². The lowest BCUT2D eigenvalue weighted by atomic mass is 9.94. The normalized spacial score (nSPS) is 13.3. The van der Waals surface area contributed by atoms with Gasteiger partial charge in [-0.15, -0.1) is 0 Å². The molecular formula is C18H24ClNO. The van der Waals surface area contributed by atoms with E-state index in [0.29, 0.717) is 5.92 Å². The van der Waals surface area contributed by atoms with Crippen LogP contribution in [0.25, 0.3) is 0 Å². The second-order valence-corrected chi connectivity index (χ2v) is 7.05. The van der Waals surface area contributed by atoms with Gasteiger partial charge in [-0.1, -0.05) is 23.7 Å². The molecule has 2 rings (SSSR count). The molecule has 0 aliphatic carbocycles. The van der Waals surface area contributed by atoms with Gasteiger partial charge < -0.3 is 9.73 Å². The quantitative estimate of drug-likeness (QED) is 0.835. The second kappa shape index (κ2) is 7.15. The zero-order valence-corrected chi connectivity index (χ0v) is 13.8. The molecule has 0 fully saturated rings. The van der Waals surface area contributed by atoms with Crippen LogP contribution in [0.4, 0.5) is 0 Å². The fourth-order valence-electron chi connectivity index (χ4n) is 2.38. The molecule has 2 aromatic rings. The molecule has 2 nitrogen and oxygen atoms in total. The van der Waals surface area contributed by atoms with E-state index in [0.717, 1.165) is 30.2 Å². The van der Waals surface area contributed by atoms with Gasteiger partial charge in [0.25, 0.3) is 0 Å². The fourth-order valence-corrected chi connectivity index (χ4v) is 2.59. The lowest BCUT2D eigenvalue weighted by molar-refractivity contribution is 0.352. The van der Waals surface area contributed by atoms with Crippen molar-refractivity contribution in [2.24, 2.45) is 5.92 Å². The zero-order chi connectivity index (χ0) is 15.3. The minimum atomic E-state index is 0.121. The minimum Gasteiger partial charge on any atom is -0.469 e. The van der Waals surface area contributed by atoms with Crippen molar-refractivity contribution < 1.29 is 4.42 Å². The van der Waals surface area contributed by atoms with Gasteiger partial charge in [0.1, 0.15) is 5.76 Å². The predicted molar refractivity (Wildman–Crippen MR) is 88.8 cm³/mol. The number of halogens is 1. The van der Waals surface area contributed by atoms with Crippen LogP contribution >= 0.6 is 11.6 Å². The maximum Gasteiger partial charge on any atom is 0.104 e. The second-order valence-electron chi connectivity index (χ2n) is 6.61. The average molecular weight is 306 g/mol. The van der Waals surface area contributed by atoms with E-state index in [9.17, 15) is 0 Å². The van der Waals surface area contributed by atoms with E-state index in [1.807, 2.05) is 30.3 Å². The van der Waals surface area contributed by atoms with E-state index in [2.05, 4.69) is 32.2 Å². The summed E-state index contributed by atoms with van der Waals surface area (Å²) in [5.41, 5.74) is 1.39. The van der Waals surface area contributed by atoms with Gasteiger partial charge in [0.15, 0.2) is 0 Å². The lowest BCUT2D eigenvalue weighted by Gasteiger charge is -2.25. The van der Waals surface area contributed by atoms with E-state index >= 15 is 0 Å². The van der Waals surface area contributed by atoms with Crippen molar-refractivity contribution in [3.8, 4) is 0 Å². The molecule has 1 unspecified atom stereocenters. The highest BCUT2D eigenvalue weighted by atomic mass is 35.5. The first-order chi connectivity index (χ1) is 9.92. The molecular weight excluding hydrogens is 282 g/mol. The molecule has 114 valence electrons. The van der Waals surface area contributed by atoms with Gasteiger partial charge in [0.2, 0.25) is 0 Å². The molecule has 0 aliphatic rings. The summed E-state index contributed by atoms with van der Waals surface area (Å²) in [6.07, 6.45) is 3.66. The molecule has 0 bridgehead atoms. The summed E-state index contributed by atoms with van der Waals surface area (Å²) >= 11 is 6.09. The molecule has 1 N–H and O–H groups in total. The average Bonchev–Trinajstić information content (AvgIpc) is 2.88. The van der Waals surface area contributed by atoms with Crippen LogP contribution in [0.1, 0.15) is 32.1 Å². The Morgan fingerprint density at radius 2 is 1.95 bits per heavy atom. The molecule has 1 aromatic carbocycles. The Labute approximate surface area is 132 Å². The largest absolute Gasteiger partial charge is 0.469 e. The molecule has 3 heteroatoms. The van der Waals surface area contributed by atoms with Gasteiger partial charge in [0, 0.05) is 17.0 Å². The first kappa shape index (κ1) is 16.1. The van der Waals surface area contributed by atoms with Gasteiger partial charge in [-0.25, -0.2) is 0 Å². The molecule has 0 aliphatic heterocycles. The Morgan fingerprint density at radius 1 is 1.14 bits per heavy atom. The van der Waals surface area contributed by atoms with Crippen LogP contribution in [0.3, 0.4) is 0 Å². The SMILES string of the molecule is CC(C)(C)NCC(Cc1cccc(Cl)c1)Cc1ccco1. The van der Waals surface area contributed by atoms with Crippen LogP contribution in [0.15, 0.2) is 47.1 Å². The highest BCUT2D eigenvalue weighted by molar-refractivity contribution is 6.30. The van der Waals surface area contributed by atoms with Crippen LogP contribution in [-0.4, -0.2) is 12.1 Å². The number of hydrogen-bond acceptors (Lipinski definition) is 2. The molecule has 1 atom stereocenters. The standard InChI is InChI=1S/C18H24ClNO/c1-18(2,3)20-13-15(12-17-8-5-9-21-17)10-14-6-4-7-16(19)11-14/h4-9,11,15,20H,10,12-13H2,1-3H3. The molecule has 0 radical (unpaired) electrons. The van der Waals surface area contributed by atoms with Gasteiger partial charge in [-0.3, -0.25) is 0 Å². The summed E-state index contributed by atoms with van der Waals surface area (Å²) < 4.78 is 5.50. The van der Waals surface area contributed by atoms with E-state index in [1.165, 1.54) is 5.56 Å². The molecule has 1 aromatic heterocycles. The topological polar surface area (TPSA) is 25.2 Å². The summed E-state index contributed by atoms with van der Waals surface area (Å²) in [7, 11) is 0. The molecule has 0 amide bonds. The third kappa shape index (κ3) is 5.94. The maximum absolute atomic E-state index is 6.09. The van der Waals surface area contributed by atoms with Crippen molar-refractivity contribution in [1.82, 2.24) is 5.32 Å². The van der Waals surface area contributed by atoms with Crippen LogP contribution in [-0.2, 0) is 12.8 Å².